The summed E-state index contributed by atoms with van der Waals surface area (Å²) < 4.78 is 6.66. The Balaban J connectivity index is 1.51. The van der Waals surface area contributed by atoms with E-state index in [2.05, 4.69) is 10.6 Å². The van der Waals surface area contributed by atoms with E-state index in [9.17, 15) is 19.5 Å². The fourth-order valence-corrected chi connectivity index (χ4v) is 6.81. The first-order valence-corrected chi connectivity index (χ1v) is 13.6. The van der Waals surface area contributed by atoms with Gasteiger partial charge >= 0.3 is 0 Å². The summed E-state index contributed by atoms with van der Waals surface area (Å²) in [5, 5.41) is 16.5. The molecule has 202 valence electrons. The van der Waals surface area contributed by atoms with Crippen molar-refractivity contribution in [1.29, 1.82) is 0 Å². The van der Waals surface area contributed by atoms with E-state index in [4.69, 9.17) is 4.74 Å². The number of fused-ring (bicyclic) bond motifs is 1. The van der Waals surface area contributed by atoms with E-state index in [1.165, 1.54) is 4.90 Å². The maximum absolute atomic E-state index is 14.3. The highest BCUT2D eigenvalue weighted by Gasteiger charge is 2.78. The zero-order valence-corrected chi connectivity index (χ0v) is 22.1. The van der Waals surface area contributed by atoms with Gasteiger partial charge in [0.15, 0.2) is 0 Å². The van der Waals surface area contributed by atoms with Crippen molar-refractivity contribution in [2.24, 2.45) is 11.8 Å². The van der Waals surface area contributed by atoms with Crippen LogP contribution in [-0.2, 0) is 25.7 Å². The number of ether oxygens (including phenoxy) is 1. The molecule has 2 aromatic carbocycles. The van der Waals surface area contributed by atoms with Crippen LogP contribution in [0.4, 0.5) is 0 Å². The summed E-state index contributed by atoms with van der Waals surface area (Å²) in [5.41, 5.74) is -0.283. The predicted molar refractivity (Wildman–Crippen MR) is 142 cm³/mol. The number of carbonyl (C=O) groups is 3. The molecule has 0 radical (unpaired) electrons. The van der Waals surface area contributed by atoms with Crippen LogP contribution in [0.2, 0.25) is 0 Å². The van der Waals surface area contributed by atoms with E-state index >= 15 is 0 Å². The molecule has 1 spiro atoms. The lowest BCUT2D eigenvalue weighted by molar-refractivity contribution is -0.149. The van der Waals surface area contributed by atoms with Gasteiger partial charge in [-0.15, -0.1) is 0 Å². The minimum atomic E-state index is -1.13. The molecule has 6 atom stereocenters. The molecule has 38 heavy (non-hydrogen) atoms. The Morgan fingerprint density at radius 1 is 1.05 bits per heavy atom. The molecule has 3 saturated heterocycles. The molecule has 8 nitrogen and oxygen atoms in total. The maximum Gasteiger partial charge on any atom is 0.245 e. The van der Waals surface area contributed by atoms with Crippen LogP contribution in [0.25, 0.3) is 0 Å². The third-order valence-corrected chi connectivity index (χ3v) is 8.58. The number of amides is 3. The number of nitrogens with one attached hydrogen (secondary N) is 2. The summed E-state index contributed by atoms with van der Waals surface area (Å²) >= 11 is 0. The molecular formula is C30H37N3O5. The molecule has 3 aliphatic rings. The lowest BCUT2D eigenvalue weighted by Gasteiger charge is -2.37. The van der Waals surface area contributed by atoms with Gasteiger partial charge in [0.2, 0.25) is 17.7 Å². The zero-order valence-electron chi connectivity index (χ0n) is 22.1. The minimum Gasteiger partial charge on any atom is -0.394 e. The van der Waals surface area contributed by atoms with Crippen LogP contribution in [0.5, 0.6) is 0 Å². The number of rotatable bonds is 10. The topological polar surface area (TPSA) is 108 Å². The molecule has 5 rings (SSSR count). The SMILES string of the molecule is CCCCNC(=O)C1N([C@H](CO)c2ccccc2)C(=O)[C@@H]2[C@@H](C(=O)NCc3ccccc3)[C@@]3(C)CCC12O3. The highest BCUT2D eigenvalue weighted by molar-refractivity contribution is 5.99. The van der Waals surface area contributed by atoms with Crippen LogP contribution in [-0.4, -0.2) is 58.1 Å². The number of hydrogen-bond donors (Lipinski definition) is 3. The molecular weight excluding hydrogens is 482 g/mol. The molecule has 3 amide bonds. The van der Waals surface area contributed by atoms with Gasteiger partial charge in [-0.1, -0.05) is 74.0 Å². The number of unbranched alkanes of at least 4 members (excludes halogenated alkanes) is 1. The third-order valence-electron chi connectivity index (χ3n) is 8.58. The second-order valence-corrected chi connectivity index (χ2v) is 10.9. The maximum atomic E-state index is 14.3. The highest BCUT2D eigenvalue weighted by atomic mass is 16.5. The average molecular weight is 520 g/mol. The summed E-state index contributed by atoms with van der Waals surface area (Å²) in [5.74, 6) is -2.40. The molecule has 2 unspecified atom stereocenters. The number of aliphatic hydroxyl groups is 1. The van der Waals surface area contributed by atoms with Gasteiger partial charge in [-0.25, -0.2) is 0 Å². The van der Waals surface area contributed by atoms with E-state index < -0.39 is 35.1 Å². The first-order valence-electron chi connectivity index (χ1n) is 13.6. The van der Waals surface area contributed by atoms with Gasteiger partial charge in [0.1, 0.15) is 11.6 Å². The van der Waals surface area contributed by atoms with Crippen LogP contribution < -0.4 is 10.6 Å². The van der Waals surface area contributed by atoms with Crippen LogP contribution in [0, 0.1) is 11.8 Å². The Morgan fingerprint density at radius 3 is 2.39 bits per heavy atom. The Kier molecular flexibility index (Phi) is 7.29. The van der Waals surface area contributed by atoms with Gasteiger partial charge in [0.25, 0.3) is 0 Å². The number of carbonyl (C=O) groups excluding carboxylic acids is 3. The molecule has 3 fully saturated rings. The van der Waals surface area contributed by atoms with Gasteiger partial charge in [-0.05, 0) is 37.3 Å². The third kappa shape index (κ3) is 4.29. The van der Waals surface area contributed by atoms with Gasteiger partial charge < -0.3 is 25.4 Å². The Morgan fingerprint density at radius 2 is 1.74 bits per heavy atom. The van der Waals surface area contributed by atoms with Crippen molar-refractivity contribution < 1.29 is 24.2 Å². The Bertz CT molecular complexity index is 1170. The van der Waals surface area contributed by atoms with Crippen LogP contribution in [0.15, 0.2) is 60.7 Å². The Labute approximate surface area is 223 Å². The second-order valence-electron chi connectivity index (χ2n) is 10.9. The fraction of sp³-hybridized carbons (Fsp3) is 0.500. The zero-order chi connectivity index (χ0) is 26.9. The van der Waals surface area contributed by atoms with Gasteiger partial charge in [0, 0.05) is 13.1 Å². The summed E-state index contributed by atoms with van der Waals surface area (Å²) in [7, 11) is 0. The summed E-state index contributed by atoms with van der Waals surface area (Å²) in [6.45, 7) is 4.41. The molecule has 3 N–H and O–H groups in total. The standard InChI is InChI=1S/C30H37N3O5/c1-3-4-17-31-27(36)25-30-16-15-29(2,38-30)23(26(35)32-18-20-11-7-5-8-12-20)24(30)28(37)33(25)22(19-34)21-13-9-6-10-14-21/h5-14,22-25,34H,3-4,15-19H2,1-2H3,(H,31,36)(H,32,35)/t22-,23+,24+,25?,29-,30?/m1/s1. The van der Waals surface area contributed by atoms with E-state index in [1.54, 1.807) is 0 Å². The number of aliphatic hydroxyl groups excluding tert-OH is 1. The highest BCUT2D eigenvalue weighted by Crippen LogP contribution is 2.64. The average Bonchev–Trinajstić information content (AvgIpc) is 3.50. The van der Waals surface area contributed by atoms with E-state index in [1.807, 2.05) is 74.5 Å². The molecule has 3 aliphatic heterocycles. The van der Waals surface area contributed by atoms with Crippen molar-refractivity contribution >= 4 is 17.7 Å². The summed E-state index contributed by atoms with van der Waals surface area (Å²) in [4.78, 5) is 43.3. The minimum absolute atomic E-state index is 0.247. The van der Waals surface area contributed by atoms with Crippen LogP contribution in [0.3, 0.4) is 0 Å². The Hall–Kier alpha value is -3.23. The fourth-order valence-electron chi connectivity index (χ4n) is 6.81. The van der Waals surface area contributed by atoms with Gasteiger partial charge in [-0.2, -0.15) is 0 Å². The van der Waals surface area contributed by atoms with E-state index in [0.717, 1.165) is 24.0 Å². The molecule has 0 saturated carbocycles. The van der Waals surface area contributed by atoms with Crippen LogP contribution in [0.1, 0.15) is 56.7 Å². The second kappa shape index (κ2) is 10.5. The van der Waals surface area contributed by atoms with Gasteiger partial charge in [0.05, 0.1) is 30.1 Å². The predicted octanol–water partition coefficient (Wildman–Crippen LogP) is 2.72. The van der Waals surface area contributed by atoms with Crippen molar-refractivity contribution in [1.82, 2.24) is 15.5 Å². The molecule has 8 heteroatoms. The van der Waals surface area contributed by atoms with Crippen molar-refractivity contribution in [3.8, 4) is 0 Å². The molecule has 0 aromatic heterocycles. The van der Waals surface area contributed by atoms with Crippen molar-refractivity contribution in [3.05, 3.63) is 71.8 Å². The number of nitrogens with zero attached hydrogens (tertiary/aromatic N) is 1. The molecule has 2 bridgehead atoms. The monoisotopic (exact) mass is 519 g/mol. The number of hydrogen-bond acceptors (Lipinski definition) is 5. The molecule has 2 aromatic rings. The largest absolute Gasteiger partial charge is 0.394 e. The van der Waals surface area contributed by atoms with Crippen molar-refractivity contribution in [3.63, 3.8) is 0 Å². The summed E-state index contributed by atoms with van der Waals surface area (Å²) in [6, 6.07) is 17.2. The number of benzene rings is 2. The molecule has 0 aliphatic carbocycles. The first kappa shape index (κ1) is 26.4. The first-order chi connectivity index (χ1) is 18.4. The lowest BCUT2D eigenvalue weighted by atomic mass is 9.66. The van der Waals surface area contributed by atoms with Gasteiger partial charge in [-0.3, -0.25) is 14.4 Å². The lowest BCUT2D eigenvalue weighted by Crippen LogP contribution is -2.56. The van der Waals surface area contributed by atoms with E-state index in [0.29, 0.717) is 25.9 Å². The van der Waals surface area contributed by atoms with E-state index in [-0.39, 0.29) is 24.3 Å². The van der Waals surface area contributed by atoms with Crippen molar-refractivity contribution in [2.45, 2.75) is 69.4 Å². The number of likely N-dealkylation sites (tertiary alicyclic amines) is 1. The summed E-state index contributed by atoms with van der Waals surface area (Å²) in [6.07, 6.45) is 2.80. The molecule has 3 heterocycles. The van der Waals surface area contributed by atoms with Crippen molar-refractivity contribution in [2.75, 3.05) is 13.2 Å². The van der Waals surface area contributed by atoms with Crippen LogP contribution >= 0.6 is 0 Å². The normalized spacial score (nSPS) is 30.2. The smallest absolute Gasteiger partial charge is 0.245 e. The quantitative estimate of drug-likeness (QED) is 0.419.